The van der Waals surface area contributed by atoms with Gasteiger partial charge in [0.05, 0.1) is 0 Å². The van der Waals surface area contributed by atoms with Crippen LogP contribution in [0.3, 0.4) is 0 Å². The lowest BCUT2D eigenvalue weighted by Gasteiger charge is -2.15. The second kappa shape index (κ2) is 7.63. The molecular weight excluding hydrogens is 321 g/mol. The molecule has 1 aromatic heterocycles. The fourth-order valence-electron chi connectivity index (χ4n) is 1.92. The Labute approximate surface area is 137 Å². The molecule has 0 fully saturated rings. The molecule has 0 saturated carbocycles. The van der Waals surface area contributed by atoms with Crippen molar-refractivity contribution in [1.82, 2.24) is 9.88 Å². The van der Waals surface area contributed by atoms with E-state index < -0.39 is 6.36 Å². The van der Waals surface area contributed by atoms with Crippen molar-refractivity contribution in [3.63, 3.8) is 0 Å². The van der Waals surface area contributed by atoms with E-state index in [2.05, 4.69) is 9.72 Å². The Kier molecular flexibility index (Phi) is 5.57. The van der Waals surface area contributed by atoms with Crippen molar-refractivity contribution in [3.8, 4) is 5.75 Å². The van der Waals surface area contributed by atoms with Crippen LogP contribution >= 0.6 is 0 Å². The molecule has 1 aromatic carbocycles. The van der Waals surface area contributed by atoms with Crippen molar-refractivity contribution >= 4 is 12.0 Å². The largest absolute Gasteiger partial charge is 0.573 e. The number of hydrogen-bond donors (Lipinski definition) is 0. The fraction of sp³-hybridized carbons (Fsp3) is 0.176. The molecule has 0 aliphatic carbocycles. The van der Waals surface area contributed by atoms with Crippen LogP contribution < -0.4 is 4.74 Å². The van der Waals surface area contributed by atoms with Gasteiger partial charge in [-0.25, -0.2) is 0 Å². The normalized spacial score (nSPS) is 11.5. The third-order valence-electron chi connectivity index (χ3n) is 3.06. The van der Waals surface area contributed by atoms with E-state index in [1.165, 1.54) is 35.2 Å². The number of ether oxygens (including phenoxy) is 1. The van der Waals surface area contributed by atoms with E-state index in [1.54, 1.807) is 31.6 Å². The molecule has 7 heteroatoms. The highest BCUT2D eigenvalue weighted by Crippen LogP contribution is 2.23. The number of alkyl halides is 3. The highest BCUT2D eigenvalue weighted by Gasteiger charge is 2.30. The summed E-state index contributed by atoms with van der Waals surface area (Å²) < 4.78 is 40.1. The van der Waals surface area contributed by atoms with Crippen LogP contribution in [0.15, 0.2) is 54.9 Å². The standard InChI is InChI=1S/C17H15F3N2O2/c1-22(16(23)9-6-13-3-2-10-21-11-13)12-14-4-7-15(8-5-14)24-17(18,19)20/h2-11H,12H2,1H3/b9-6+. The van der Waals surface area contributed by atoms with Crippen molar-refractivity contribution in [2.45, 2.75) is 12.9 Å². The number of carbonyl (C=O) groups excluding carboxylic acids is 1. The minimum atomic E-state index is -4.72. The molecule has 24 heavy (non-hydrogen) atoms. The number of likely N-dealkylation sites (N-methyl/N-ethyl adjacent to an activating group) is 1. The van der Waals surface area contributed by atoms with Crippen molar-refractivity contribution in [3.05, 3.63) is 66.0 Å². The van der Waals surface area contributed by atoms with Gasteiger partial charge in [-0.15, -0.1) is 13.2 Å². The molecular formula is C17H15F3N2O2. The molecule has 126 valence electrons. The lowest BCUT2D eigenvalue weighted by molar-refractivity contribution is -0.274. The number of carbonyl (C=O) groups is 1. The quantitative estimate of drug-likeness (QED) is 0.783. The molecule has 0 bridgehead atoms. The van der Waals surface area contributed by atoms with Gasteiger partial charge in [-0.1, -0.05) is 18.2 Å². The highest BCUT2D eigenvalue weighted by atomic mass is 19.4. The molecule has 0 saturated heterocycles. The maximum absolute atomic E-state index is 12.1. The lowest BCUT2D eigenvalue weighted by atomic mass is 10.2. The van der Waals surface area contributed by atoms with Crippen LogP contribution in [0.5, 0.6) is 5.75 Å². The van der Waals surface area contributed by atoms with Crippen LogP contribution in [0.1, 0.15) is 11.1 Å². The molecule has 1 heterocycles. The van der Waals surface area contributed by atoms with Crippen LogP contribution in [-0.2, 0) is 11.3 Å². The average Bonchev–Trinajstić information content (AvgIpc) is 2.54. The van der Waals surface area contributed by atoms with E-state index in [4.69, 9.17) is 0 Å². The number of pyridine rings is 1. The summed E-state index contributed by atoms with van der Waals surface area (Å²) in [4.78, 5) is 17.4. The first-order chi connectivity index (χ1) is 11.3. The van der Waals surface area contributed by atoms with Gasteiger partial charge in [0.25, 0.3) is 0 Å². The van der Waals surface area contributed by atoms with E-state index >= 15 is 0 Å². The predicted octanol–water partition coefficient (Wildman–Crippen LogP) is 3.65. The number of benzene rings is 1. The molecule has 2 aromatic rings. The highest BCUT2D eigenvalue weighted by molar-refractivity contribution is 5.91. The molecule has 0 N–H and O–H groups in total. The van der Waals surface area contributed by atoms with Gasteiger partial charge >= 0.3 is 6.36 Å². The van der Waals surface area contributed by atoms with E-state index in [9.17, 15) is 18.0 Å². The van der Waals surface area contributed by atoms with Gasteiger partial charge in [0, 0.05) is 32.1 Å². The number of aromatic nitrogens is 1. The van der Waals surface area contributed by atoms with E-state index in [1.807, 2.05) is 6.07 Å². The second-order valence-corrected chi connectivity index (χ2v) is 5.01. The summed E-state index contributed by atoms with van der Waals surface area (Å²) in [6.45, 7) is 0.266. The zero-order valence-electron chi connectivity index (χ0n) is 12.8. The van der Waals surface area contributed by atoms with Crippen molar-refractivity contribution in [1.29, 1.82) is 0 Å². The monoisotopic (exact) mass is 336 g/mol. The summed E-state index contributed by atoms with van der Waals surface area (Å²) in [5.41, 5.74) is 1.49. The Morgan fingerprint density at radius 3 is 2.54 bits per heavy atom. The summed E-state index contributed by atoms with van der Waals surface area (Å²) >= 11 is 0. The van der Waals surface area contributed by atoms with Gasteiger partial charge < -0.3 is 9.64 Å². The van der Waals surface area contributed by atoms with Gasteiger partial charge in [-0.05, 0) is 35.4 Å². The molecule has 4 nitrogen and oxygen atoms in total. The fourth-order valence-corrected chi connectivity index (χ4v) is 1.92. The molecule has 2 rings (SSSR count). The predicted molar refractivity (Wildman–Crippen MR) is 82.9 cm³/mol. The van der Waals surface area contributed by atoms with Gasteiger partial charge in [0.1, 0.15) is 5.75 Å². The number of nitrogens with zero attached hydrogens (tertiary/aromatic N) is 2. The lowest BCUT2D eigenvalue weighted by Crippen LogP contribution is -2.24. The third-order valence-corrected chi connectivity index (χ3v) is 3.06. The van der Waals surface area contributed by atoms with Crippen LogP contribution in [-0.4, -0.2) is 29.2 Å². The van der Waals surface area contributed by atoms with Crippen molar-refractivity contribution in [2.75, 3.05) is 7.05 Å². The van der Waals surface area contributed by atoms with Gasteiger partial charge in [0.2, 0.25) is 5.91 Å². The summed E-state index contributed by atoms with van der Waals surface area (Å²) in [5, 5.41) is 0. The Balaban J connectivity index is 1.92. The molecule has 0 unspecified atom stereocenters. The number of rotatable bonds is 5. The van der Waals surface area contributed by atoms with E-state index in [-0.39, 0.29) is 18.2 Å². The van der Waals surface area contributed by atoms with Gasteiger partial charge in [-0.3, -0.25) is 9.78 Å². The first-order valence-electron chi connectivity index (χ1n) is 7.01. The first-order valence-corrected chi connectivity index (χ1v) is 7.01. The van der Waals surface area contributed by atoms with Gasteiger partial charge in [-0.2, -0.15) is 0 Å². The Morgan fingerprint density at radius 1 is 1.25 bits per heavy atom. The molecule has 0 aliphatic rings. The molecule has 0 spiro atoms. The Hall–Kier alpha value is -2.83. The summed E-state index contributed by atoms with van der Waals surface area (Å²) in [5.74, 6) is -0.522. The van der Waals surface area contributed by atoms with Crippen LogP contribution in [0, 0.1) is 0 Å². The van der Waals surface area contributed by atoms with Crippen molar-refractivity contribution < 1.29 is 22.7 Å². The topological polar surface area (TPSA) is 42.4 Å². The SMILES string of the molecule is CN(Cc1ccc(OC(F)(F)F)cc1)C(=O)/C=C/c1cccnc1. The Bertz CT molecular complexity index is 698. The average molecular weight is 336 g/mol. The number of amides is 1. The van der Waals surface area contributed by atoms with Gasteiger partial charge in [0.15, 0.2) is 0 Å². The van der Waals surface area contributed by atoms with Crippen LogP contribution in [0.25, 0.3) is 6.08 Å². The Morgan fingerprint density at radius 2 is 1.96 bits per heavy atom. The maximum Gasteiger partial charge on any atom is 0.573 e. The zero-order valence-corrected chi connectivity index (χ0v) is 12.8. The summed E-state index contributed by atoms with van der Waals surface area (Å²) in [6.07, 6.45) is 1.61. The minimum absolute atomic E-state index is 0.227. The minimum Gasteiger partial charge on any atom is -0.406 e. The zero-order chi connectivity index (χ0) is 17.6. The first kappa shape index (κ1) is 17.5. The van der Waals surface area contributed by atoms with Crippen molar-refractivity contribution in [2.24, 2.45) is 0 Å². The molecule has 0 radical (unpaired) electrons. The number of halogens is 3. The molecule has 1 amide bonds. The summed E-state index contributed by atoms with van der Waals surface area (Å²) in [6, 6.07) is 8.97. The summed E-state index contributed by atoms with van der Waals surface area (Å²) in [7, 11) is 1.61. The maximum atomic E-state index is 12.1. The molecule has 0 aliphatic heterocycles. The van der Waals surface area contributed by atoms with E-state index in [0.29, 0.717) is 5.56 Å². The number of hydrogen-bond acceptors (Lipinski definition) is 3. The second-order valence-electron chi connectivity index (χ2n) is 5.01. The molecule has 0 atom stereocenters. The smallest absolute Gasteiger partial charge is 0.406 e. The third kappa shape index (κ3) is 5.75. The van der Waals surface area contributed by atoms with Crippen LogP contribution in [0.4, 0.5) is 13.2 Å². The van der Waals surface area contributed by atoms with E-state index in [0.717, 1.165) is 5.56 Å². The van der Waals surface area contributed by atoms with Crippen LogP contribution in [0.2, 0.25) is 0 Å².